The van der Waals surface area contributed by atoms with Gasteiger partial charge in [-0.1, -0.05) is 18.2 Å². The van der Waals surface area contributed by atoms with Crippen LogP contribution in [0.5, 0.6) is 0 Å². The van der Waals surface area contributed by atoms with Crippen LogP contribution in [-0.4, -0.2) is 12.0 Å². The third-order valence-electron chi connectivity index (χ3n) is 2.58. The summed E-state index contributed by atoms with van der Waals surface area (Å²) >= 11 is 0. The van der Waals surface area contributed by atoms with Crippen molar-refractivity contribution in [2.24, 2.45) is 0 Å². The van der Waals surface area contributed by atoms with Gasteiger partial charge in [-0.05, 0) is 31.7 Å². The van der Waals surface area contributed by atoms with E-state index in [0.717, 1.165) is 5.52 Å². The highest BCUT2D eigenvalue weighted by Crippen LogP contribution is 2.21. The van der Waals surface area contributed by atoms with E-state index in [-0.39, 0.29) is 0 Å². The van der Waals surface area contributed by atoms with Gasteiger partial charge in [-0.2, -0.15) is 0 Å². The number of pyridine rings is 1. The van der Waals surface area contributed by atoms with Crippen LogP contribution in [0.1, 0.15) is 18.5 Å². The maximum Gasteiger partial charge on any atom is 0.0705 e. The molecular formula is C12H14N2. The SMILES string of the molecule is CN[C@H](C)c1cccc2ncccc12. The van der Waals surface area contributed by atoms with Crippen LogP contribution in [0.25, 0.3) is 10.9 Å². The fraction of sp³-hybridized carbons (Fsp3) is 0.250. The molecule has 0 amide bonds. The van der Waals surface area contributed by atoms with Gasteiger partial charge < -0.3 is 5.32 Å². The minimum Gasteiger partial charge on any atom is -0.313 e. The lowest BCUT2D eigenvalue weighted by Gasteiger charge is -2.12. The number of hydrogen-bond donors (Lipinski definition) is 1. The average Bonchev–Trinajstić information content (AvgIpc) is 2.27. The first-order valence-electron chi connectivity index (χ1n) is 4.84. The van der Waals surface area contributed by atoms with Crippen LogP contribution >= 0.6 is 0 Å². The van der Waals surface area contributed by atoms with Gasteiger partial charge >= 0.3 is 0 Å². The van der Waals surface area contributed by atoms with E-state index in [0.29, 0.717) is 6.04 Å². The molecule has 0 radical (unpaired) electrons. The van der Waals surface area contributed by atoms with E-state index in [4.69, 9.17) is 0 Å². The van der Waals surface area contributed by atoms with Crippen LogP contribution in [-0.2, 0) is 0 Å². The summed E-state index contributed by atoms with van der Waals surface area (Å²) < 4.78 is 0. The zero-order valence-corrected chi connectivity index (χ0v) is 8.49. The van der Waals surface area contributed by atoms with Crippen molar-refractivity contribution in [3.63, 3.8) is 0 Å². The molecule has 1 aromatic carbocycles. The smallest absolute Gasteiger partial charge is 0.0705 e. The van der Waals surface area contributed by atoms with Crippen LogP contribution in [0.3, 0.4) is 0 Å². The largest absolute Gasteiger partial charge is 0.313 e. The number of nitrogens with zero attached hydrogens (tertiary/aromatic N) is 1. The average molecular weight is 186 g/mol. The highest BCUT2D eigenvalue weighted by Gasteiger charge is 2.06. The zero-order valence-electron chi connectivity index (χ0n) is 8.49. The standard InChI is InChI=1S/C12H14N2/c1-9(13-2)10-5-3-7-12-11(10)6-4-8-14-12/h3-9,13H,1-2H3/t9-/m1/s1. The molecule has 0 fully saturated rings. The molecule has 72 valence electrons. The third-order valence-corrected chi connectivity index (χ3v) is 2.58. The van der Waals surface area contributed by atoms with Crippen molar-refractivity contribution >= 4 is 10.9 Å². The first-order chi connectivity index (χ1) is 6.83. The van der Waals surface area contributed by atoms with E-state index in [9.17, 15) is 0 Å². The van der Waals surface area contributed by atoms with Gasteiger partial charge in [0, 0.05) is 17.6 Å². The van der Waals surface area contributed by atoms with E-state index < -0.39 is 0 Å². The Morgan fingerprint density at radius 2 is 2.07 bits per heavy atom. The molecular weight excluding hydrogens is 172 g/mol. The summed E-state index contributed by atoms with van der Waals surface area (Å²) in [6.45, 7) is 2.15. The monoisotopic (exact) mass is 186 g/mol. The summed E-state index contributed by atoms with van der Waals surface area (Å²) in [6.07, 6.45) is 1.83. The lowest BCUT2D eigenvalue weighted by atomic mass is 10.0. The summed E-state index contributed by atoms with van der Waals surface area (Å²) in [6, 6.07) is 10.7. The number of fused-ring (bicyclic) bond motifs is 1. The molecule has 0 saturated carbocycles. The highest BCUT2D eigenvalue weighted by atomic mass is 14.9. The van der Waals surface area contributed by atoms with Crippen molar-refractivity contribution in [3.8, 4) is 0 Å². The van der Waals surface area contributed by atoms with E-state index in [1.165, 1.54) is 10.9 Å². The molecule has 0 spiro atoms. The number of aromatic nitrogens is 1. The molecule has 2 heteroatoms. The van der Waals surface area contributed by atoms with Gasteiger partial charge in [0.05, 0.1) is 5.52 Å². The van der Waals surface area contributed by atoms with Crippen molar-refractivity contribution in [2.45, 2.75) is 13.0 Å². The van der Waals surface area contributed by atoms with Gasteiger partial charge in [-0.3, -0.25) is 4.98 Å². The summed E-state index contributed by atoms with van der Waals surface area (Å²) in [5.74, 6) is 0. The van der Waals surface area contributed by atoms with Gasteiger partial charge in [0.1, 0.15) is 0 Å². The molecule has 2 nitrogen and oxygen atoms in total. The highest BCUT2D eigenvalue weighted by molar-refractivity contribution is 5.82. The van der Waals surface area contributed by atoms with Crippen molar-refractivity contribution in [1.82, 2.24) is 10.3 Å². The van der Waals surface area contributed by atoms with Gasteiger partial charge in [-0.15, -0.1) is 0 Å². The Balaban J connectivity index is 2.65. The number of rotatable bonds is 2. The minimum atomic E-state index is 0.364. The van der Waals surface area contributed by atoms with Crippen LogP contribution in [0.2, 0.25) is 0 Å². The van der Waals surface area contributed by atoms with Crippen LogP contribution < -0.4 is 5.32 Å². The van der Waals surface area contributed by atoms with Crippen molar-refractivity contribution in [1.29, 1.82) is 0 Å². The quantitative estimate of drug-likeness (QED) is 0.779. The summed E-state index contributed by atoms with van der Waals surface area (Å²) in [5.41, 5.74) is 2.37. The second kappa shape index (κ2) is 3.76. The van der Waals surface area contributed by atoms with Crippen LogP contribution in [0, 0.1) is 0 Å². The zero-order chi connectivity index (χ0) is 9.97. The number of benzene rings is 1. The minimum absolute atomic E-state index is 0.364. The fourth-order valence-electron chi connectivity index (χ4n) is 1.66. The van der Waals surface area contributed by atoms with Gasteiger partial charge in [-0.25, -0.2) is 0 Å². The molecule has 0 unspecified atom stereocenters. The van der Waals surface area contributed by atoms with E-state index in [1.807, 2.05) is 25.4 Å². The maximum absolute atomic E-state index is 4.33. The Labute approximate surface area is 84.0 Å². The van der Waals surface area contributed by atoms with Crippen LogP contribution in [0.4, 0.5) is 0 Å². The number of nitrogens with one attached hydrogen (secondary N) is 1. The topological polar surface area (TPSA) is 24.9 Å². The van der Waals surface area contributed by atoms with Gasteiger partial charge in [0.2, 0.25) is 0 Å². The van der Waals surface area contributed by atoms with Crippen molar-refractivity contribution in [3.05, 3.63) is 42.1 Å². The van der Waals surface area contributed by atoms with E-state index in [2.05, 4.69) is 35.4 Å². The predicted octanol–water partition coefficient (Wildman–Crippen LogP) is 2.52. The molecule has 1 N–H and O–H groups in total. The first-order valence-corrected chi connectivity index (χ1v) is 4.84. The second-order valence-corrected chi connectivity index (χ2v) is 3.43. The molecule has 14 heavy (non-hydrogen) atoms. The lowest BCUT2D eigenvalue weighted by molar-refractivity contribution is 0.657. The van der Waals surface area contributed by atoms with Gasteiger partial charge in [0.15, 0.2) is 0 Å². The summed E-state index contributed by atoms with van der Waals surface area (Å²) in [4.78, 5) is 4.33. The van der Waals surface area contributed by atoms with Gasteiger partial charge in [0.25, 0.3) is 0 Å². The molecule has 1 atom stereocenters. The molecule has 1 aromatic heterocycles. The molecule has 1 heterocycles. The van der Waals surface area contributed by atoms with Crippen molar-refractivity contribution < 1.29 is 0 Å². The Hall–Kier alpha value is -1.41. The molecule has 2 aromatic rings. The predicted molar refractivity (Wildman–Crippen MR) is 59.2 cm³/mol. The Bertz CT molecular complexity index is 432. The fourth-order valence-corrected chi connectivity index (χ4v) is 1.66. The molecule has 0 saturated heterocycles. The van der Waals surface area contributed by atoms with Crippen LogP contribution in [0.15, 0.2) is 36.5 Å². The summed E-state index contributed by atoms with van der Waals surface area (Å²) in [5, 5.41) is 4.48. The molecule has 0 aliphatic rings. The van der Waals surface area contributed by atoms with E-state index in [1.54, 1.807) is 0 Å². The van der Waals surface area contributed by atoms with Crippen molar-refractivity contribution in [2.75, 3.05) is 7.05 Å². The lowest BCUT2D eigenvalue weighted by Crippen LogP contribution is -2.12. The normalized spacial score (nSPS) is 13.0. The first kappa shape index (κ1) is 9.16. The Morgan fingerprint density at radius 1 is 1.21 bits per heavy atom. The molecule has 0 aliphatic heterocycles. The molecule has 0 aliphatic carbocycles. The Morgan fingerprint density at radius 3 is 2.86 bits per heavy atom. The second-order valence-electron chi connectivity index (χ2n) is 3.43. The third kappa shape index (κ3) is 1.49. The maximum atomic E-state index is 4.33. The Kier molecular flexibility index (Phi) is 2.46. The molecule has 0 bridgehead atoms. The summed E-state index contributed by atoms with van der Waals surface area (Å²) in [7, 11) is 1.97. The van der Waals surface area contributed by atoms with E-state index >= 15 is 0 Å². The molecule has 2 rings (SSSR count). The number of hydrogen-bond acceptors (Lipinski definition) is 2.